The van der Waals surface area contributed by atoms with Gasteiger partial charge in [0.25, 0.3) is 0 Å². The molecule has 1 fully saturated rings. The van der Waals surface area contributed by atoms with Crippen molar-refractivity contribution in [1.29, 1.82) is 0 Å². The van der Waals surface area contributed by atoms with Crippen LogP contribution in [0.15, 0.2) is 0 Å². The fourth-order valence-electron chi connectivity index (χ4n) is 2.23. The van der Waals surface area contributed by atoms with Gasteiger partial charge in [-0.3, -0.25) is 4.79 Å². The van der Waals surface area contributed by atoms with Crippen LogP contribution in [0.2, 0.25) is 0 Å². The Kier molecular flexibility index (Phi) is 10.6. The van der Waals surface area contributed by atoms with Gasteiger partial charge in [0, 0.05) is 5.75 Å². The van der Waals surface area contributed by atoms with Crippen molar-refractivity contribution in [3.8, 4) is 0 Å². The van der Waals surface area contributed by atoms with Gasteiger partial charge in [0.15, 0.2) is 11.5 Å². The van der Waals surface area contributed by atoms with Crippen LogP contribution in [-0.2, 0) is 25.8 Å². The molecular weight excluding hydrogens is 296 g/mol. The van der Waals surface area contributed by atoms with Gasteiger partial charge in [0.2, 0.25) is 0 Å². The lowest BCUT2D eigenvalue weighted by molar-refractivity contribution is -0.114. The standard InChI is InChI=1S/C10H19OS.C4H10O3S/c1-9(11)8-12(2)10-6-4-3-5-7-10;1-2-3-4-8(5,6)7/h10H,3-8H2,1-2H3;2-4H2,1H3,(H,5,6,7)/q+1;/p-1. The number of unbranched alkanes of at least 4 members (excludes halogenated alkanes) is 1. The van der Waals surface area contributed by atoms with Gasteiger partial charge >= 0.3 is 0 Å². The molecule has 0 aliphatic heterocycles. The van der Waals surface area contributed by atoms with Crippen molar-refractivity contribution in [3.63, 3.8) is 0 Å². The first-order valence-corrected chi connectivity index (χ1v) is 10.7. The van der Waals surface area contributed by atoms with Crippen LogP contribution in [0.5, 0.6) is 0 Å². The van der Waals surface area contributed by atoms with E-state index in [0.717, 1.165) is 17.4 Å². The maximum atomic E-state index is 10.9. The molecule has 1 unspecified atom stereocenters. The summed E-state index contributed by atoms with van der Waals surface area (Å²) < 4.78 is 29.5. The van der Waals surface area contributed by atoms with Crippen LogP contribution in [0, 0.1) is 0 Å². The maximum absolute atomic E-state index is 10.9. The van der Waals surface area contributed by atoms with E-state index in [1.54, 1.807) is 6.92 Å². The van der Waals surface area contributed by atoms with Crippen LogP contribution in [0.3, 0.4) is 0 Å². The number of rotatable bonds is 6. The zero-order valence-electron chi connectivity index (χ0n) is 12.9. The molecule has 1 saturated carbocycles. The highest BCUT2D eigenvalue weighted by Gasteiger charge is 2.28. The quantitative estimate of drug-likeness (QED) is 0.556. The average molecular weight is 325 g/mol. The minimum Gasteiger partial charge on any atom is -0.748 e. The Morgan fingerprint density at radius 2 is 1.80 bits per heavy atom. The predicted octanol–water partition coefficient (Wildman–Crippen LogP) is 2.49. The summed E-state index contributed by atoms with van der Waals surface area (Å²) in [5.41, 5.74) is 0. The topological polar surface area (TPSA) is 74.3 Å². The molecule has 0 heterocycles. The van der Waals surface area contributed by atoms with E-state index in [1.807, 2.05) is 6.92 Å². The van der Waals surface area contributed by atoms with E-state index in [2.05, 4.69) is 6.26 Å². The van der Waals surface area contributed by atoms with Gasteiger partial charge in [-0.05, 0) is 49.9 Å². The van der Waals surface area contributed by atoms with Crippen molar-refractivity contribution in [1.82, 2.24) is 0 Å². The third-order valence-corrected chi connectivity index (χ3v) is 6.56. The molecule has 6 heteroatoms. The maximum Gasteiger partial charge on any atom is 0.178 e. The monoisotopic (exact) mass is 324 g/mol. The van der Waals surface area contributed by atoms with E-state index < -0.39 is 10.1 Å². The SMILES string of the molecule is CC(=O)C[S+](C)C1CCCCC1.CCCCS(=O)(=O)[O-]. The minimum atomic E-state index is -3.94. The lowest BCUT2D eigenvalue weighted by atomic mass is 10.0. The van der Waals surface area contributed by atoms with E-state index in [9.17, 15) is 17.8 Å². The first kappa shape index (κ1) is 19.9. The van der Waals surface area contributed by atoms with E-state index in [4.69, 9.17) is 0 Å². The van der Waals surface area contributed by atoms with Crippen LogP contribution in [0.25, 0.3) is 0 Å². The lowest BCUT2D eigenvalue weighted by Crippen LogP contribution is -2.28. The van der Waals surface area contributed by atoms with Gasteiger partial charge in [-0.15, -0.1) is 0 Å². The number of hydrogen-bond acceptors (Lipinski definition) is 4. The molecular formula is C14H28O4S2. The third kappa shape index (κ3) is 11.7. The number of ketones is 1. The molecule has 0 aromatic rings. The number of Topliss-reactive ketones (excluding diaryl/α,β-unsaturated/α-hetero) is 1. The van der Waals surface area contributed by atoms with Crippen molar-refractivity contribution < 1.29 is 17.8 Å². The van der Waals surface area contributed by atoms with Gasteiger partial charge in [0.05, 0.1) is 16.4 Å². The lowest BCUT2D eigenvalue weighted by Gasteiger charge is -2.19. The molecule has 0 aromatic carbocycles. The summed E-state index contributed by atoms with van der Waals surface area (Å²) in [5.74, 6) is 0.972. The summed E-state index contributed by atoms with van der Waals surface area (Å²) in [6.45, 7) is 3.55. The summed E-state index contributed by atoms with van der Waals surface area (Å²) in [4.78, 5) is 10.9. The molecule has 4 nitrogen and oxygen atoms in total. The number of carbonyl (C=O) groups excluding carboxylic acids is 1. The zero-order chi connectivity index (χ0) is 15.6. The molecule has 0 spiro atoms. The third-order valence-electron chi connectivity index (χ3n) is 3.30. The number of hydrogen-bond donors (Lipinski definition) is 0. The fourth-order valence-corrected chi connectivity index (χ4v) is 4.88. The van der Waals surface area contributed by atoms with Crippen LogP contribution < -0.4 is 0 Å². The van der Waals surface area contributed by atoms with Gasteiger partial charge in [-0.1, -0.05) is 19.8 Å². The van der Waals surface area contributed by atoms with E-state index in [1.165, 1.54) is 32.1 Å². The van der Waals surface area contributed by atoms with Gasteiger partial charge in [-0.2, -0.15) is 0 Å². The highest BCUT2D eigenvalue weighted by atomic mass is 32.2. The van der Waals surface area contributed by atoms with E-state index in [0.29, 0.717) is 23.1 Å². The predicted molar refractivity (Wildman–Crippen MR) is 85.2 cm³/mol. The first-order valence-electron chi connectivity index (χ1n) is 7.30. The summed E-state index contributed by atoms with van der Waals surface area (Å²) >= 11 is 0. The fraction of sp³-hybridized carbons (Fsp3) is 0.929. The Labute approximate surface area is 126 Å². The molecule has 0 amide bonds. The zero-order valence-corrected chi connectivity index (χ0v) is 14.5. The second kappa shape index (κ2) is 10.6. The summed E-state index contributed by atoms with van der Waals surface area (Å²) in [6.07, 6.45) is 10.4. The molecule has 0 saturated heterocycles. The summed E-state index contributed by atoms with van der Waals surface area (Å²) in [7, 11) is -3.57. The molecule has 20 heavy (non-hydrogen) atoms. The van der Waals surface area contributed by atoms with Gasteiger partial charge < -0.3 is 4.55 Å². The highest BCUT2D eigenvalue weighted by Crippen LogP contribution is 2.24. The summed E-state index contributed by atoms with van der Waals surface area (Å²) in [5, 5.41) is 0.864. The second-order valence-electron chi connectivity index (χ2n) is 5.41. The molecule has 0 aromatic heterocycles. The number of carbonyl (C=O) groups is 1. The largest absolute Gasteiger partial charge is 0.748 e. The van der Waals surface area contributed by atoms with Crippen molar-refractivity contribution in [3.05, 3.63) is 0 Å². The second-order valence-corrected chi connectivity index (χ2v) is 9.27. The molecule has 1 rings (SSSR count). The van der Waals surface area contributed by atoms with Crippen LogP contribution in [0.4, 0.5) is 0 Å². The van der Waals surface area contributed by atoms with Gasteiger partial charge in [-0.25, -0.2) is 8.42 Å². The van der Waals surface area contributed by atoms with E-state index in [-0.39, 0.29) is 5.75 Å². The molecule has 1 aliphatic carbocycles. The van der Waals surface area contributed by atoms with Crippen molar-refractivity contribution in [2.75, 3.05) is 17.8 Å². The van der Waals surface area contributed by atoms with Crippen molar-refractivity contribution >= 4 is 26.8 Å². The van der Waals surface area contributed by atoms with Crippen molar-refractivity contribution in [2.45, 2.75) is 64.0 Å². The Hall–Kier alpha value is -0.0700. The Morgan fingerprint density at radius 3 is 2.15 bits per heavy atom. The van der Waals surface area contributed by atoms with E-state index >= 15 is 0 Å². The minimum absolute atomic E-state index is 0.219. The summed E-state index contributed by atoms with van der Waals surface area (Å²) in [6, 6.07) is 0. The Morgan fingerprint density at radius 1 is 1.25 bits per heavy atom. The Bertz CT molecular complexity index is 359. The normalized spacial score (nSPS) is 18.0. The smallest absolute Gasteiger partial charge is 0.178 e. The molecule has 120 valence electrons. The molecule has 0 bridgehead atoms. The van der Waals surface area contributed by atoms with Crippen LogP contribution in [0.1, 0.15) is 58.8 Å². The molecule has 0 radical (unpaired) electrons. The first-order chi connectivity index (χ1) is 9.26. The molecule has 1 atom stereocenters. The highest BCUT2D eigenvalue weighted by molar-refractivity contribution is 7.97. The Balaban J connectivity index is 0.000000396. The van der Waals surface area contributed by atoms with Gasteiger partial charge in [0.1, 0.15) is 5.25 Å². The average Bonchev–Trinajstić information content (AvgIpc) is 2.36. The molecule has 0 N–H and O–H groups in total. The molecule has 1 aliphatic rings. The van der Waals surface area contributed by atoms with Crippen LogP contribution >= 0.6 is 0 Å². The van der Waals surface area contributed by atoms with Crippen molar-refractivity contribution in [2.24, 2.45) is 0 Å². The van der Waals surface area contributed by atoms with Crippen LogP contribution in [-0.4, -0.2) is 41.8 Å².